The molecular formula is C19H24N4O. The quantitative estimate of drug-likeness (QED) is 0.937. The van der Waals surface area contributed by atoms with Gasteiger partial charge in [0.05, 0.1) is 11.8 Å². The molecule has 0 saturated carbocycles. The van der Waals surface area contributed by atoms with Crippen LogP contribution in [-0.4, -0.2) is 58.3 Å². The zero-order valence-corrected chi connectivity index (χ0v) is 14.1. The van der Waals surface area contributed by atoms with Gasteiger partial charge in [-0.05, 0) is 38.0 Å². The number of aliphatic hydroxyl groups is 1. The Hall–Kier alpha value is -1.98. The number of rotatable bonds is 3. The summed E-state index contributed by atoms with van der Waals surface area (Å²) >= 11 is 0. The number of aromatic nitrogens is 2. The normalized spacial score (nSPS) is 20.2. The highest BCUT2D eigenvalue weighted by Crippen LogP contribution is 2.28. The van der Waals surface area contributed by atoms with Crippen LogP contribution in [0.5, 0.6) is 0 Å². The second-order valence-corrected chi connectivity index (χ2v) is 6.87. The molecule has 2 aliphatic heterocycles. The topological polar surface area (TPSA) is 52.5 Å². The van der Waals surface area contributed by atoms with Gasteiger partial charge in [0.25, 0.3) is 0 Å². The molecule has 0 atom stereocenters. The molecule has 0 spiro atoms. The van der Waals surface area contributed by atoms with E-state index in [1.807, 2.05) is 19.2 Å². The van der Waals surface area contributed by atoms with Gasteiger partial charge in [-0.3, -0.25) is 4.90 Å². The van der Waals surface area contributed by atoms with E-state index < -0.39 is 0 Å². The van der Waals surface area contributed by atoms with Crippen molar-refractivity contribution in [3.63, 3.8) is 0 Å². The lowest BCUT2D eigenvalue weighted by molar-refractivity contribution is -0.0300. The number of β-amino-alcohol motifs (C(OH)–C–C–N with tert-alkyl or cyclic N) is 1. The minimum absolute atomic E-state index is 0.101. The lowest BCUT2D eigenvalue weighted by Gasteiger charge is -2.45. The van der Waals surface area contributed by atoms with Gasteiger partial charge in [0, 0.05) is 49.7 Å². The third kappa shape index (κ3) is 3.14. The molecule has 0 radical (unpaired) electrons. The Balaban J connectivity index is 1.45. The van der Waals surface area contributed by atoms with Crippen molar-refractivity contribution >= 4 is 5.69 Å². The van der Waals surface area contributed by atoms with Crippen molar-refractivity contribution in [2.24, 2.45) is 0 Å². The molecule has 2 aromatic rings. The molecule has 5 nitrogen and oxygen atoms in total. The molecule has 24 heavy (non-hydrogen) atoms. The molecule has 0 unspecified atom stereocenters. The Morgan fingerprint density at radius 1 is 1.12 bits per heavy atom. The molecule has 2 aliphatic rings. The molecule has 4 rings (SSSR count). The van der Waals surface area contributed by atoms with Crippen LogP contribution in [0, 0.1) is 6.92 Å². The first-order valence-electron chi connectivity index (χ1n) is 8.76. The van der Waals surface area contributed by atoms with Gasteiger partial charge in [-0.1, -0.05) is 12.1 Å². The number of hydrogen-bond donors (Lipinski definition) is 1. The lowest BCUT2D eigenvalue weighted by Crippen LogP contribution is -2.57. The fraction of sp³-hybridized carbons (Fsp3) is 0.474. The van der Waals surface area contributed by atoms with Gasteiger partial charge in [-0.25, -0.2) is 9.97 Å². The van der Waals surface area contributed by atoms with Crippen LogP contribution in [-0.2, 0) is 0 Å². The van der Waals surface area contributed by atoms with Crippen LogP contribution in [0.15, 0.2) is 36.5 Å². The van der Waals surface area contributed by atoms with Crippen molar-refractivity contribution in [2.45, 2.75) is 31.9 Å². The molecule has 1 N–H and O–H groups in total. The van der Waals surface area contributed by atoms with Gasteiger partial charge in [0.2, 0.25) is 0 Å². The molecular weight excluding hydrogens is 300 g/mol. The zero-order valence-electron chi connectivity index (χ0n) is 14.1. The third-order valence-corrected chi connectivity index (χ3v) is 5.15. The minimum atomic E-state index is -0.101. The molecule has 3 heterocycles. The van der Waals surface area contributed by atoms with E-state index in [-0.39, 0.29) is 6.10 Å². The highest BCUT2D eigenvalue weighted by molar-refractivity contribution is 5.65. The summed E-state index contributed by atoms with van der Waals surface area (Å²) in [5, 5.41) is 9.47. The standard InChI is InChI=1S/C19H24N4O/c1-14-20-8-5-19(21-14)15-3-2-4-17(11-15)22-9-6-16(7-10-22)23-12-18(24)13-23/h2-5,8,11,16,18,24H,6-7,9-10,12-13H2,1H3. The van der Waals surface area contributed by atoms with Crippen molar-refractivity contribution in [3.05, 3.63) is 42.4 Å². The van der Waals surface area contributed by atoms with Crippen LogP contribution in [0.25, 0.3) is 11.3 Å². The summed E-state index contributed by atoms with van der Waals surface area (Å²) in [6.45, 7) is 5.78. The molecule has 0 aliphatic carbocycles. The van der Waals surface area contributed by atoms with E-state index in [1.54, 1.807) is 0 Å². The van der Waals surface area contributed by atoms with E-state index >= 15 is 0 Å². The first-order valence-corrected chi connectivity index (χ1v) is 8.76. The average molecular weight is 324 g/mol. The zero-order chi connectivity index (χ0) is 16.5. The summed E-state index contributed by atoms with van der Waals surface area (Å²) < 4.78 is 0. The third-order valence-electron chi connectivity index (χ3n) is 5.15. The summed E-state index contributed by atoms with van der Waals surface area (Å²) in [7, 11) is 0. The molecule has 1 aromatic heterocycles. The van der Waals surface area contributed by atoms with Crippen LogP contribution < -0.4 is 4.90 Å². The van der Waals surface area contributed by atoms with Crippen molar-refractivity contribution in [3.8, 4) is 11.3 Å². The molecule has 2 saturated heterocycles. The highest BCUT2D eigenvalue weighted by Gasteiger charge is 2.32. The monoisotopic (exact) mass is 324 g/mol. The molecule has 1 aromatic carbocycles. The summed E-state index contributed by atoms with van der Waals surface area (Å²) in [6, 6.07) is 11.2. The Bertz CT molecular complexity index is 706. The molecule has 126 valence electrons. The van der Waals surface area contributed by atoms with Crippen LogP contribution in [0.2, 0.25) is 0 Å². The Labute approximate surface area is 143 Å². The SMILES string of the molecule is Cc1nccc(-c2cccc(N3CCC(N4CC(O)C4)CC3)c2)n1. The first-order chi connectivity index (χ1) is 11.7. The number of anilines is 1. The largest absolute Gasteiger partial charge is 0.390 e. The number of benzene rings is 1. The van der Waals surface area contributed by atoms with Gasteiger partial charge in [-0.2, -0.15) is 0 Å². The Morgan fingerprint density at radius 3 is 2.62 bits per heavy atom. The summed E-state index contributed by atoms with van der Waals surface area (Å²) in [5.74, 6) is 0.801. The van der Waals surface area contributed by atoms with Crippen LogP contribution in [0.3, 0.4) is 0 Å². The Kier molecular flexibility index (Phi) is 4.21. The fourth-order valence-electron chi connectivity index (χ4n) is 3.75. The smallest absolute Gasteiger partial charge is 0.125 e. The highest BCUT2D eigenvalue weighted by atomic mass is 16.3. The number of nitrogens with zero attached hydrogens (tertiary/aromatic N) is 4. The van der Waals surface area contributed by atoms with E-state index in [0.29, 0.717) is 6.04 Å². The van der Waals surface area contributed by atoms with Gasteiger partial charge >= 0.3 is 0 Å². The van der Waals surface area contributed by atoms with Crippen LogP contribution in [0.4, 0.5) is 5.69 Å². The van der Waals surface area contributed by atoms with E-state index in [0.717, 1.165) is 43.3 Å². The Morgan fingerprint density at radius 2 is 1.92 bits per heavy atom. The molecule has 2 fully saturated rings. The molecule has 5 heteroatoms. The van der Waals surface area contributed by atoms with Crippen LogP contribution >= 0.6 is 0 Å². The van der Waals surface area contributed by atoms with Crippen molar-refractivity contribution in [1.82, 2.24) is 14.9 Å². The number of piperidine rings is 1. The molecule has 0 amide bonds. The van der Waals surface area contributed by atoms with E-state index in [2.05, 4.69) is 44.0 Å². The van der Waals surface area contributed by atoms with Gasteiger partial charge in [0.1, 0.15) is 5.82 Å². The maximum atomic E-state index is 9.47. The van der Waals surface area contributed by atoms with Crippen LogP contribution in [0.1, 0.15) is 18.7 Å². The summed E-state index contributed by atoms with van der Waals surface area (Å²) in [5.41, 5.74) is 3.39. The maximum absolute atomic E-state index is 9.47. The number of aryl methyl sites for hydroxylation is 1. The van der Waals surface area contributed by atoms with Crippen molar-refractivity contribution in [1.29, 1.82) is 0 Å². The van der Waals surface area contributed by atoms with E-state index in [4.69, 9.17) is 0 Å². The van der Waals surface area contributed by atoms with E-state index in [9.17, 15) is 5.11 Å². The summed E-state index contributed by atoms with van der Waals surface area (Å²) in [4.78, 5) is 13.6. The maximum Gasteiger partial charge on any atom is 0.125 e. The second-order valence-electron chi connectivity index (χ2n) is 6.87. The van der Waals surface area contributed by atoms with Gasteiger partial charge in [-0.15, -0.1) is 0 Å². The summed E-state index contributed by atoms with van der Waals surface area (Å²) in [6.07, 6.45) is 4.06. The van der Waals surface area contributed by atoms with Gasteiger partial charge < -0.3 is 10.0 Å². The molecule has 0 bridgehead atoms. The van der Waals surface area contributed by atoms with Crippen molar-refractivity contribution < 1.29 is 5.11 Å². The predicted octanol–water partition coefficient (Wildman–Crippen LogP) is 2.10. The lowest BCUT2D eigenvalue weighted by atomic mass is 9.98. The first kappa shape index (κ1) is 15.5. The van der Waals surface area contributed by atoms with Gasteiger partial charge in [0.15, 0.2) is 0 Å². The number of likely N-dealkylation sites (tertiary alicyclic amines) is 1. The minimum Gasteiger partial charge on any atom is -0.390 e. The van der Waals surface area contributed by atoms with Crippen molar-refractivity contribution in [2.75, 3.05) is 31.1 Å². The van der Waals surface area contributed by atoms with E-state index in [1.165, 1.54) is 18.5 Å². The number of aliphatic hydroxyl groups excluding tert-OH is 1. The second kappa shape index (κ2) is 6.49. The average Bonchev–Trinajstić information content (AvgIpc) is 2.59. The predicted molar refractivity (Wildman–Crippen MR) is 95.0 cm³/mol. The fourth-order valence-corrected chi connectivity index (χ4v) is 3.75. The number of hydrogen-bond acceptors (Lipinski definition) is 5.